The van der Waals surface area contributed by atoms with Crippen LogP contribution in [0.3, 0.4) is 0 Å². The molecule has 0 radical (unpaired) electrons. The van der Waals surface area contributed by atoms with E-state index in [0.717, 1.165) is 17.4 Å². The molecule has 4 nitrogen and oxygen atoms in total. The van der Waals surface area contributed by atoms with Crippen molar-refractivity contribution in [2.45, 2.75) is 4.21 Å². The van der Waals surface area contributed by atoms with Crippen LogP contribution in [0.15, 0.2) is 39.0 Å². The average Bonchev–Trinajstić information content (AvgIpc) is 2.83. The first-order valence-electron chi connectivity index (χ1n) is 4.90. The van der Waals surface area contributed by atoms with Crippen LogP contribution in [0, 0.1) is 17.1 Å². The normalized spacial score (nSPS) is 11.0. The van der Waals surface area contributed by atoms with Gasteiger partial charge in [0.05, 0.1) is 10.2 Å². The predicted octanol–water partition coefficient (Wildman–Crippen LogP) is 3.32. The molecule has 0 aliphatic carbocycles. The molecular weight excluding hydrogens is 355 g/mol. The molecule has 19 heavy (non-hydrogen) atoms. The number of nitriles is 1. The number of rotatable bonds is 3. The number of sulfonamides is 1. The van der Waals surface area contributed by atoms with Crippen LogP contribution < -0.4 is 4.72 Å². The first-order valence-corrected chi connectivity index (χ1v) is 7.99. The van der Waals surface area contributed by atoms with Crippen molar-refractivity contribution in [3.05, 3.63) is 45.5 Å². The summed E-state index contributed by atoms with van der Waals surface area (Å²) in [7, 11) is -3.76. The number of hydrogen-bond acceptors (Lipinski definition) is 4. The number of benzene rings is 1. The van der Waals surface area contributed by atoms with Gasteiger partial charge < -0.3 is 0 Å². The summed E-state index contributed by atoms with van der Waals surface area (Å²) in [5.41, 5.74) is 0.236. The Morgan fingerprint density at radius 1 is 1.32 bits per heavy atom. The molecule has 0 unspecified atom stereocenters. The van der Waals surface area contributed by atoms with Crippen molar-refractivity contribution in [2.75, 3.05) is 4.72 Å². The van der Waals surface area contributed by atoms with Crippen molar-refractivity contribution in [2.24, 2.45) is 0 Å². The van der Waals surface area contributed by atoms with Gasteiger partial charge in [0.15, 0.2) is 0 Å². The van der Waals surface area contributed by atoms with Crippen LogP contribution >= 0.6 is 27.3 Å². The zero-order chi connectivity index (χ0) is 14.0. The number of nitrogens with zero attached hydrogens (tertiary/aromatic N) is 1. The zero-order valence-corrected chi connectivity index (χ0v) is 12.4. The lowest BCUT2D eigenvalue weighted by molar-refractivity contribution is 0.602. The molecule has 1 aromatic heterocycles. The maximum atomic E-state index is 13.0. The first kappa shape index (κ1) is 14.0. The van der Waals surface area contributed by atoms with E-state index in [1.165, 1.54) is 24.3 Å². The lowest BCUT2D eigenvalue weighted by Crippen LogP contribution is -2.11. The Morgan fingerprint density at radius 2 is 2.05 bits per heavy atom. The number of anilines is 1. The van der Waals surface area contributed by atoms with Gasteiger partial charge in [0, 0.05) is 0 Å². The number of thiophene rings is 1. The molecule has 0 aliphatic heterocycles. The average molecular weight is 361 g/mol. The van der Waals surface area contributed by atoms with Gasteiger partial charge in [0.25, 0.3) is 10.0 Å². The molecule has 0 atom stereocenters. The largest absolute Gasteiger partial charge is 0.279 e. The minimum Gasteiger partial charge on any atom is -0.279 e. The predicted molar refractivity (Wildman–Crippen MR) is 73.9 cm³/mol. The Hall–Kier alpha value is -1.43. The summed E-state index contributed by atoms with van der Waals surface area (Å²) in [6, 6.07) is 8.44. The standard InChI is InChI=1S/C11H6BrFN2O2S2/c12-9-5-7(1-3-10(9)13)15-19(16,17)11-4-2-8(6-14)18-11/h1-5,15H. The fraction of sp³-hybridized carbons (Fsp3) is 0. The summed E-state index contributed by atoms with van der Waals surface area (Å²) in [6.45, 7) is 0. The van der Waals surface area contributed by atoms with Crippen molar-refractivity contribution in [3.63, 3.8) is 0 Å². The van der Waals surface area contributed by atoms with Gasteiger partial charge in [-0.05, 0) is 46.3 Å². The Kier molecular flexibility index (Phi) is 3.89. The molecule has 0 saturated heterocycles. The second-order valence-electron chi connectivity index (χ2n) is 3.46. The molecule has 0 spiro atoms. The lowest BCUT2D eigenvalue weighted by Gasteiger charge is -2.06. The molecular formula is C11H6BrFN2O2S2. The summed E-state index contributed by atoms with van der Waals surface area (Å²) in [4.78, 5) is 0.306. The Bertz CT molecular complexity index is 765. The molecule has 2 rings (SSSR count). The van der Waals surface area contributed by atoms with Gasteiger partial charge in [-0.15, -0.1) is 11.3 Å². The highest BCUT2D eigenvalue weighted by Crippen LogP contribution is 2.25. The van der Waals surface area contributed by atoms with Gasteiger partial charge in [0.1, 0.15) is 21.0 Å². The highest BCUT2D eigenvalue weighted by molar-refractivity contribution is 9.10. The third-order valence-corrected chi connectivity index (χ3v) is 5.60. The maximum Gasteiger partial charge on any atom is 0.271 e. The number of hydrogen-bond donors (Lipinski definition) is 1. The second kappa shape index (κ2) is 5.28. The SMILES string of the molecule is N#Cc1ccc(S(=O)(=O)Nc2ccc(F)c(Br)c2)s1. The van der Waals surface area contributed by atoms with Crippen LogP contribution in [0.1, 0.15) is 4.88 Å². The van der Waals surface area contributed by atoms with Crippen LogP contribution in [-0.4, -0.2) is 8.42 Å². The number of nitrogens with one attached hydrogen (secondary N) is 1. The first-order chi connectivity index (χ1) is 8.92. The van der Waals surface area contributed by atoms with Gasteiger partial charge in [-0.1, -0.05) is 0 Å². The molecule has 0 fully saturated rings. The molecule has 0 saturated carbocycles. The molecule has 98 valence electrons. The van der Waals surface area contributed by atoms with Gasteiger partial charge >= 0.3 is 0 Å². The molecule has 0 aliphatic rings. The fourth-order valence-electron chi connectivity index (χ4n) is 1.29. The van der Waals surface area contributed by atoms with E-state index in [2.05, 4.69) is 20.7 Å². The van der Waals surface area contributed by atoms with Crippen molar-refractivity contribution in [1.29, 1.82) is 5.26 Å². The molecule has 1 heterocycles. The highest BCUT2D eigenvalue weighted by atomic mass is 79.9. The van der Waals surface area contributed by atoms with Gasteiger partial charge in [-0.3, -0.25) is 4.72 Å². The fourth-order valence-corrected chi connectivity index (χ4v) is 3.82. The quantitative estimate of drug-likeness (QED) is 0.912. The van der Waals surface area contributed by atoms with Gasteiger partial charge in [-0.25, -0.2) is 12.8 Å². The van der Waals surface area contributed by atoms with Gasteiger partial charge in [-0.2, -0.15) is 5.26 Å². The molecule has 2 aromatic rings. The third-order valence-electron chi connectivity index (χ3n) is 2.13. The van der Waals surface area contributed by atoms with E-state index in [1.807, 2.05) is 6.07 Å². The van der Waals surface area contributed by atoms with E-state index in [-0.39, 0.29) is 14.4 Å². The van der Waals surface area contributed by atoms with Crippen LogP contribution in [0.5, 0.6) is 0 Å². The van der Waals surface area contributed by atoms with E-state index in [0.29, 0.717) is 4.88 Å². The van der Waals surface area contributed by atoms with Crippen molar-refractivity contribution >= 4 is 43.0 Å². The lowest BCUT2D eigenvalue weighted by atomic mass is 10.3. The maximum absolute atomic E-state index is 13.0. The second-order valence-corrected chi connectivity index (χ2v) is 7.31. The number of halogens is 2. The van der Waals surface area contributed by atoms with E-state index in [9.17, 15) is 12.8 Å². The van der Waals surface area contributed by atoms with Crippen molar-refractivity contribution in [1.82, 2.24) is 0 Å². The summed E-state index contributed by atoms with van der Waals surface area (Å²) in [6.07, 6.45) is 0. The minimum absolute atomic E-state index is 0.0319. The van der Waals surface area contributed by atoms with Crippen LogP contribution in [0.25, 0.3) is 0 Å². The van der Waals surface area contributed by atoms with E-state index >= 15 is 0 Å². The summed E-state index contributed by atoms with van der Waals surface area (Å²) < 4.78 is 39.6. The van der Waals surface area contributed by atoms with Gasteiger partial charge in [0.2, 0.25) is 0 Å². The van der Waals surface area contributed by atoms with Crippen molar-refractivity contribution < 1.29 is 12.8 Å². The van der Waals surface area contributed by atoms with Crippen LogP contribution in [-0.2, 0) is 10.0 Å². The van der Waals surface area contributed by atoms with E-state index in [4.69, 9.17) is 5.26 Å². The third kappa shape index (κ3) is 3.12. The minimum atomic E-state index is -3.76. The topological polar surface area (TPSA) is 70.0 Å². The van der Waals surface area contributed by atoms with E-state index in [1.54, 1.807) is 0 Å². The Morgan fingerprint density at radius 3 is 2.63 bits per heavy atom. The highest BCUT2D eigenvalue weighted by Gasteiger charge is 2.17. The molecule has 1 aromatic carbocycles. The smallest absolute Gasteiger partial charge is 0.271 e. The monoisotopic (exact) mass is 360 g/mol. The zero-order valence-electron chi connectivity index (χ0n) is 9.22. The summed E-state index contributed by atoms with van der Waals surface area (Å²) in [5, 5.41) is 8.67. The molecule has 0 amide bonds. The van der Waals surface area contributed by atoms with Crippen LogP contribution in [0.2, 0.25) is 0 Å². The summed E-state index contributed by atoms with van der Waals surface area (Å²) in [5.74, 6) is -0.481. The Labute approximate surface area is 121 Å². The summed E-state index contributed by atoms with van der Waals surface area (Å²) >= 11 is 3.84. The molecule has 0 bridgehead atoms. The Balaban J connectivity index is 2.31. The van der Waals surface area contributed by atoms with Crippen LogP contribution in [0.4, 0.5) is 10.1 Å². The molecule has 8 heteroatoms. The van der Waals surface area contributed by atoms with Crippen molar-refractivity contribution in [3.8, 4) is 6.07 Å². The van der Waals surface area contributed by atoms with E-state index < -0.39 is 15.8 Å². The molecule has 1 N–H and O–H groups in total.